The highest BCUT2D eigenvalue weighted by Gasteiger charge is 2.30. The number of thiophene rings is 1. The maximum absolute atomic E-state index is 14.0. The first kappa shape index (κ1) is 11.9. The molecule has 0 unspecified atom stereocenters. The third kappa shape index (κ3) is 1.66. The lowest BCUT2D eigenvalue weighted by Gasteiger charge is -2.06. The first-order chi connectivity index (χ1) is 9.65. The minimum absolute atomic E-state index is 0.270. The van der Waals surface area contributed by atoms with E-state index in [9.17, 15) is 4.39 Å². The molecule has 3 aromatic rings. The van der Waals surface area contributed by atoms with Gasteiger partial charge in [-0.05, 0) is 38.0 Å². The summed E-state index contributed by atoms with van der Waals surface area (Å²) in [5.74, 6) is 0.531. The maximum Gasteiger partial charge on any atom is 0.151 e. The summed E-state index contributed by atoms with van der Waals surface area (Å²) >= 11 is 1.55. The van der Waals surface area contributed by atoms with Crippen LogP contribution in [-0.4, -0.2) is 9.55 Å². The van der Waals surface area contributed by atoms with Gasteiger partial charge in [0, 0.05) is 10.9 Å². The minimum Gasteiger partial charge on any atom is -0.390 e. The highest BCUT2D eigenvalue weighted by atomic mass is 32.1. The number of aryl methyl sites for hydroxylation is 1. The molecule has 1 aliphatic rings. The van der Waals surface area contributed by atoms with Crippen molar-refractivity contribution in [2.24, 2.45) is 0 Å². The smallest absolute Gasteiger partial charge is 0.151 e. The molecule has 1 aromatic carbocycles. The van der Waals surface area contributed by atoms with Crippen LogP contribution >= 0.6 is 11.3 Å². The van der Waals surface area contributed by atoms with Gasteiger partial charge in [0.2, 0.25) is 0 Å². The van der Waals surface area contributed by atoms with Gasteiger partial charge < -0.3 is 10.3 Å². The van der Waals surface area contributed by atoms with Gasteiger partial charge in [-0.15, -0.1) is 11.3 Å². The van der Waals surface area contributed by atoms with Crippen LogP contribution in [0.1, 0.15) is 23.8 Å². The second-order valence-corrected chi connectivity index (χ2v) is 6.57. The molecule has 0 spiro atoms. The van der Waals surface area contributed by atoms with Gasteiger partial charge in [-0.1, -0.05) is 6.07 Å². The highest BCUT2D eigenvalue weighted by molar-refractivity contribution is 7.16. The van der Waals surface area contributed by atoms with Gasteiger partial charge in [-0.25, -0.2) is 9.37 Å². The molecule has 1 aliphatic carbocycles. The number of fused-ring (bicyclic) bond motifs is 1. The lowest BCUT2D eigenvalue weighted by Crippen LogP contribution is -1.98. The standard InChI is InChI=1S/C15H14FN3S/c1-8-7-10(14(17)20-8)15-18-13-11(16)3-2-4-12(13)19(15)9-5-6-9/h2-4,7,9H,5-6,17H2,1H3. The lowest BCUT2D eigenvalue weighted by molar-refractivity contribution is 0.637. The zero-order chi connectivity index (χ0) is 13.9. The van der Waals surface area contributed by atoms with Gasteiger partial charge in [0.1, 0.15) is 11.3 Å². The number of rotatable bonds is 2. The molecular formula is C15H14FN3S. The molecule has 0 atom stereocenters. The topological polar surface area (TPSA) is 43.8 Å². The van der Waals surface area contributed by atoms with Crippen LogP contribution in [0.4, 0.5) is 9.39 Å². The quantitative estimate of drug-likeness (QED) is 0.770. The number of benzene rings is 1. The largest absolute Gasteiger partial charge is 0.390 e. The van der Waals surface area contributed by atoms with E-state index >= 15 is 0 Å². The first-order valence-corrected chi connectivity index (χ1v) is 7.49. The van der Waals surface area contributed by atoms with Crippen LogP contribution in [-0.2, 0) is 0 Å². The van der Waals surface area contributed by atoms with Crippen molar-refractivity contribution < 1.29 is 4.39 Å². The number of nitrogens with zero attached hydrogens (tertiary/aromatic N) is 2. The second kappa shape index (κ2) is 4.06. The number of halogens is 1. The van der Waals surface area contributed by atoms with Crippen LogP contribution in [0.25, 0.3) is 22.4 Å². The van der Waals surface area contributed by atoms with E-state index in [1.807, 2.05) is 19.1 Å². The van der Waals surface area contributed by atoms with Crippen molar-refractivity contribution in [3.63, 3.8) is 0 Å². The van der Waals surface area contributed by atoms with E-state index < -0.39 is 0 Å². The summed E-state index contributed by atoms with van der Waals surface area (Å²) < 4.78 is 16.1. The zero-order valence-corrected chi connectivity index (χ0v) is 11.9. The summed E-state index contributed by atoms with van der Waals surface area (Å²) in [5.41, 5.74) is 8.33. The molecule has 0 saturated heterocycles. The van der Waals surface area contributed by atoms with E-state index in [1.165, 1.54) is 6.07 Å². The van der Waals surface area contributed by atoms with Crippen LogP contribution in [0.2, 0.25) is 0 Å². The summed E-state index contributed by atoms with van der Waals surface area (Å²) in [6, 6.07) is 7.60. The molecule has 102 valence electrons. The molecular weight excluding hydrogens is 273 g/mol. The van der Waals surface area contributed by atoms with E-state index in [0.29, 0.717) is 11.6 Å². The Morgan fingerprint density at radius 1 is 1.40 bits per heavy atom. The molecule has 5 heteroatoms. The summed E-state index contributed by atoms with van der Waals surface area (Å²) in [7, 11) is 0. The van der Waals surface area contributed by atoms with Crippen molar-refractivity contribution in [3.8, 4) is 11.4 Å². The van der Waals surface area contributed by atoms with Crippen molar-refractivity contribution in [1.29, 1.82) is 0 Å². The van der Waals surface area contributed by atoms with Crippen molar-refractivity contribution >= 4 is 27.4 Å². The Bertz CT molecular complexity index is 814. The second-order valence-electron chi connectivity index (χ2n) is 5.28. The first-order valence-electron chi connectivity index (χ1n) is 6.68. The Kier molecular flexibility index (Phi) is 2.41. The fraction of sp³-hybridized carbons (Fsp3) is 0.267. The van der Waals surface area contributed by atoms with Crippen molar-refractivity contribution in [2.45, 2.75) is 25.8 Å². The number of imidazole rings is 1. The number of para-hydroxylation sites is 1. The molecule has 2 aromatic heterocycles. The molecule has 4 rings (SSSR count). The molecule has 0 radical (unpaired) electrons. The normalized spacial score (nSPS) is 15.1. The van der Waals surface area contributed by atoms with Crippen LogP contribution in [0.5, 0.6) is 0 Å². The summed E-state index contributed by atoms with van der Waals surface area (Å²) in [4.78, 5) is 5.68. The monoisotopic (exact) mass is 287 g/mol. The van der Waals surface area contributed by atoms with E-state index in [0.717, 1.165) is 39.6 Å². The Balaban J connectivity index is 2.06. The van der Waals surface area contributed by atoms with Gasteiger partial charge in [-0.2, -0.15) is 0 Å². The van der Waals surface area contributed by atoms with E-state index in [2.05, 4.69) is 9.55 Å². The maximum atomic E-state index is 14.0. The Hall–Kier alpha value is -1.88. The van der Waals surface area contributed by atoms with Crippen LogP contribution < -0.4 is 5.73 Å². The summed E-state index contributed by atoms with van der Waals surface area (Å²) in [5, 5.41) is 0.750. The molecule has 20 heavy (non-hydrogen) atoms. The fourth-order valence-corrected chi connectivity index (χ4v) is 3.47. The zero-order valence-electron chi connectivity index (χ0n) is 11.1. The molecule has 0 amide bonds. The van der Waals surface area contributed by atoms with Gasteiger partial charge in [0.05, 0.1) is 16.1 Å². The number of aromatic nitrogens is 2. The summed E-state index contributed by atoms with van der Waals surface area (Å²) in [6.45, 7) is 2.02. The van der Waals surface area contributed by atoms with Crippen molar-refractivity contribution in [2.75, 3.05) is 5.73 Å². The van der Waals surface area contributed by atoms with E-state index in [4.69, 9.17) is 5.73 Å². The van der Waals surface area contributed by atoms with Crippen LogP contribution in [0.3, 0.4) is 0 Å². The van der Waals surface area contributed by atoms with E-state index in [1.54, 1.807) is 17.4 Å². The third-order valence-electron chi connectivity index (χ3n) is 3.71. The number of nitrogen functional groups attached to an aromatic ring is 1. The lowest BCUT2D eigenvalue weighted by atomic mass is 10.2. The average molecular weight is 287 g/mol. The number of nitrogens with two attached hydrogens (primary N) is 1. The predicted octanol–water partition coefficient (Wildman–Crippen LogP) is 4.13. The minimum atomic E-state index is -0.270. The average Bonchev–Trinajstić information content (AvgIpc) is 3.08. The molecule has 0 bridgehead atoms. The molecule has 2 N–H and O–H groups in total. The van der Waals surface area contributed by atoms with Gasteiger partial charge in [-0.3, -0.25) is 0 Å². The van der Waals surface area contributed by atoms with Crippen molar-refractivity contribution in [1.82, 2.24) is 9.55 Å². The van der Waals surface area contributed by atoms with Gasteiger partial charge >= 0.3 is 0 Å². The molecule has 1 saturated carbocycles. The van der Waals surface area contributed by atoms with Gasteiger partial charge in [0.25, 0.3) is 0 Å². The highest BCUT2D eigenvalue weighted by Crippen LogP contribution is 2.43. The Labute approximate surface area is 119 Å². The van der Waals surface area contributed by atoms with Crippen molar-refractivity contribution in [3.05, 3.63) is 35.0 Å². The number of anilines is 1. The number of hydrogen-bond donors (Lipinski definition) is 1. The third-order valence-corrected chi connectivity index (χ3v) is 4.59. The Morgan fingerprint density at radius 2 is 2.20 bits per heavy atom. The van der Waals surface area contributed by atoms with Crippen LogP contribution in [0, 0.1) is 12.7 Å². The summed E-state index contributed by atoms with van der Waals surface area (Å²) in [6.07, 6.45) is 2.25. The van der Waals surface area contributed by atoms with Crippen LogP contribution in [0.15, 0.2) is 24.3 Å². The number of hydrogen-bond acceptors (Lipinski definition) is 3. The van der Waals surface area contributed by atoms with E-state index in [-0.39, 0.29) is 5.82 Å². The fourth-order valence-electron chi connectivity index (χ4n) is 2.68. The molecule has 0 aliphatic heterocycles. The Morgan fingerprint density at radius 3 is 2.85 bits per heavy atom. The molecule has 1 fully saturated rings. The predicted molar refractivity (Wildman–Crippen MR) is 80.4 cm³/mol. The SMILES string of the molecule is Cc1cc(-c2nc3c(F)cccc3n2C2CC2)c(N)s1. The van der Waals surface area contributed by atoms with Gasteiger partial charge in [0.15, 0.2) is 5.82 Å². The molecule has 3 nitrogen and oxygen atoms in total. The molecule has 2 heterocycles.